The minimum atomic E-state index is -0.679. The van der Waals surface area contributed by atoms with Crippen molar-refractivity contribution in [3.63, 3.8) is 0 Å². The average molecular weight is 469 g/mol. The lowest BCUT2D eigenvalue weighted by atomic mass is 9.66. The van der Waals surface area contributed by atoms with E-state index in [1.54, 1.807) is 23.7 Å². The van der Waals surface area contributed by atoms with Gasteiger partial charge in [-0.25, -0.2) is 0 Å². The third kappa shape index (κ3) is 3.63. The first-order chi connectivity index (χ1) is 15.4. The summed E-state index contributed by atoms with van der Waals surface area (Å²) in [6.45, 7) is 8.15. The van der Waals surface area contributed by atoms with Gasteiger partial charge in [0.15, 0.2) is 0 Å². The van der Waals surface area contributed by atoms with Crippen molar-refractivity contribution >= 4 is 29.5 Å². The summed E-state index contributed by atoms with van der Waals surface area (Å²) in [6.07, 6.45) is 1.36. The molecule has 32 heavy (non-hydrogen) atoms. The van der Waals surface area contributed by atoms with E-state index >= 15 is 0 Å². The molecule has 4 aliphatic heterocycles. The molecular weight excluding hydrogens is 432 g/mol. The number of nitrogens with zero attached hydrogens (tertiary/aromatic N) is 2. The predicted octanol–water partition coefficient (Wildman–Crippen LogP) is -0.711. The normalized spacial score (nSPS) is 37.4. The third-order valence-electron chi connectivity index (χ3n) is 7.89. The molecule has 4 fully saturated rings. The fraction of sp³-hybridized carbons (Fsp3) is 0.864. The Balaban J connectivity index is 1.60. The Labute approximate surface area is 194 Å². The van der Waals surface area contributed by atoms with Gasteiger partial charge >= 0.3 is 0 Å². The summed E-state index contributed by atoms with van der Waals surface area (Å²) in [5.74, 6) is -1.29. The molecule has 3 unspecified atom stereocenters. The number of hydrogen-bond donors (Lipinski definition) is 3. The van der Waals surface area contributed by atoms with Crippen LogP contribution in [-0.4, -0.2) is 108 Å². The summed E-state index contributed by atoms with van der Waals surface area (Å²) >= 11 is 1.66. The van der Waals surface area contributed by atoms with Gasteiger partial charge in [0.25, 0.3) is 0 Å². The average Bonchev–Trinajstić information content (AvgIpc) is 3.39. The lowest BCUT2D eigenvalue weighted by molar-refractivity contribution is -0.142. The quantitative estimate of drug-likeness (QED) is 0.432. The van der Waals surface area contributed by atoms with Crippen LogP contribution in [0.4, 0.5) is 0 Å². The monoisotopic (exact) mass is 468 g/mol. The molecule has 0 aliphatic carbocycles. The van der Waals surface area contributed by atoms with Gasteiger partial charge in [0.2, 0.25) is 17.7 Å². The van der Waals surface area contributed by atoms with E-state index in [1.165, 1.54) is 0 Å². The maximum absolute atomic E-state index is 13.8. The Morgan fingerprint density at radius 1 is 1.31 bits per heavy atom. The van der Waals surface area contributed by atoms with Crippen LogP contribution >= 0.6 is 11.8 Å². The maximum atomic E-state index is 13.8. The molecule has 180 valence electrons. The van der Waals surface area contributed by atoms with Crippen molar-refractivity contribution in [2.45, 2.75) is 48.8 Å². The molecule has 10 heteroatoms. The van der Waals surface area contributed by atoms with E-state index in [9.17, 15) is 19.5 Å². The van der Waals surface area contributed by atoms with E-state index in [1.807, 2.05) is 6.92 Å². The Morgan fingerprint density at radius 3 is 2.66 bits per heavy atom. The van der Waals surface area contributed by atoms with Crippen molar-refractivity contribution in [1.29, 1.82) is 0 Å². The highest BCUT2D eigenvalue weighted by atomic mass is 32.2. The van der Waals surface area contributed by atoms with Crippen LogP contribution in [0.5, 0.6) is 0 Å². The molecule has 7 atom stereocenters. The topological polar surface area (TPSA) is 111 Å². The van der Waals surface area contributed by atoms with Gasteiger partial charge in [0, 0.05) is 38.5 Å². The molecule has 3 N–H and O–H groups in total. The van der Waals surface area contributed by atoms with Gasteiger partial charge in [-0.3, -0.25) is 19.3 Å². The third-order valence-corrected chi connectivity index (χ3v) is 9.96. The number of nitrogens with one attached hydrogen (secondary N) is 2. The number of ether oxygens (including phenoxy) is 1. The number of rotatable bonds is 8. The van der Waals surface area contributed by atoms with Crippen LogP contribution in [0.3, 0.4) is 0 Å². The van der Waals surface area contributed by atoms with E-state index in [4.69, 9.17) is 4.74 Å². The van der Waals surface area contributed by atoms with E-state index in [0.29, 0.717) is 26.2 Å². The van der Waals surface area contributed by atoms with Crippen molar-refractivity contribution < 1.29 is 24.2 Å². The summed E-state index contributed by atoms with van der Waals surface area (Å²) in [6, 6.07) is -1.11. The molecule has 0 aromatic carbocycles. The number of thioether (sulfide) groups is 1. The summed E-state index contributed by atoms with van der Waals surface area (Å²) < 4.78 is 4.75. The minimum absolute atomic E-state index is 0.0407. The van der Waals surface area contributed by atoms with Crippen molar-refractivity contribution in [2.75, 3.05) is 53.0 Å². The van der Waals surface area contributed by atoms with Crippen molar-refractivity contribution in [3.8, 4) is 0 Å². The standard InChI is InChI=1S/C22H36N4O5S/c1-4-14(12-27)26-18(20(29)24-5-6-25-7-9-31-10-8-25)22-13(2)11-15(32-22)16(19(28)23-3)17(22)21(26)30/h13-18,27H,4-12H2,1-3H3,(H,23,28)(H,24,29)/t13?,14-,15-,16+,17-,18?,22?/m0/s1. The second-order valence-corrected chi connectivity index (χ2v) is 11.0. The molecule has 4 rings (SSSR count). The molecule has 4 saturated heterocycles. The Morgan fingerprint density at radius 2 is 2.03 bits per heavy atom. The molecule has 3 amide bonds. The largest absolute Gasteiger partial charge is 0.394 e. The molecule has 9 nitrogen and oxygen atoms in total. The second kappa shape index (κ2) is 9.48. The zero-order valence-electron chi connectivity index (χ0n) is 19.2. The molecule has 1 spiro atoms. The second-order valence-electron chi connectivity index (χ2n) is 9.40. The van der Waals surface area contributed by atoms with Gasteiger partial charge in [0.1, 0.15) is 6.04 Å². The number of hydrogen-bond acceptors (Lipinski definition) is 7. The molecule has 0 aromatic heterocycles. The number of aliphatic hydroxyl groups is 1. The molecule has 0 radical (unpaired) electrons. The Bertz CT molecular complexity index is 744. The number of carbonyl (C=O) groups is 3. The van der Waals surface area contributed by atoms with Crippen LogP contribution in [0, 0.1) is 17.8 Å². The number of amides is 3. The van der Waals surface area contributed by atoms with Gasteiger partial charge in [-0.1, -0.05) is 13.8 Å². The number of carbonyl (C=O) groups excluding carboxylic acids is 3. The zero-order valence-corrected chi connectivity index (χ0v) is 20.0. The fourth-order valence-electron chi connectivity index (χ4n) is 6.29. The van der Waals surface area contributed by atoms with Gasteiger partial charge in [-0.05, 0) is 18.8 Å². The molecule has 0 aromatic rings. The first-order valence-electron chi connectivity index (χ1n) is 11.8. The molecule has 2 bridgehead atoms. The Hall–Kier alpha value is -1.36. The van der Waals surface area contributed by atoms with Crippen LogP contribution in [0.1, 0.15) is 26.7 Å². The minimum Gasteiger partial charge on any atom is -0.394 e. The van der Waals surface area contributed by atoms with Crippen LogP contribution in [0.15, 0.2) is 0 Å². The highest BCUT2D eigenvalue weighted by molar-refractivity contribution is 8.02. The summed E-state index contributed by atoms with van der Waals surface area (Å²) in [4.78, 5) is 44.1. The smallest absolute Gasteiger partial charge is 0.244 e. The zero-order chi connectivity index (χ0) is 23.0. The lowest BCUT2D eigenvalue weighted by Crippen LogP contribution is -2.59. The number of aliphatic hydroxyl groups excluding tert-OH is 1. The SMILES string of the molecule is CC[C@@H](CO)N1C(=O)[C@@H]2[C@H](C(=O)NC)[C@@H]3CC(C)C2(S3)C1C(=O)NCCN1CCOCC1. The van der Waals surface area contributed by atoms with Crippen LogP contribution in [0.25, 0.3) is 0 Å². The number of likely N-dealkylation sites (tertiary alicyclic amines) is 1. The maximum Gasteiger partial charge on any atom is 0.244 e. The van der Waals surface area contributed by atoms with Crippen LogP contribution < -0.4 is 10.6 Å². The highest BCUT2D eigenvalue weighted by Crippen LogP contribution is 2.68. The highest BCUT2D eigenvalue weighted by Gasteiger charge is 2.76. The van der Waals surface area contributed by atoms with Gasteiger partial charge in [0.05, 0.1) is 42.4 Å². The summed E-state index contributed by atoms with van der Waals surface area (Å²) in [7, 11) is 1.60. The number of fused-ring (bicyclic) bond motifs is 1. The summed E-state index contributed by atoms with van der Waals surface area (Å²) in [5.41, 5.74) is 0. The fourth-order valence-corrected chi connectivity index (χ4v) is 8.70. The van der Waals surface area contributed by atoms with E-state index < -0.39 is 28.7 Å². The van der Waals surface area contributed by atoms with Crippen molar-refractivity contribution in [3.05, 3.63) is 0 Å². The van der Waals surface area contributed by atoms with Crippen LogP contribution in [0.2, 0.25) is 0 Å². The number of morpholine rings is 1. The van der Waals surface area contributed by atoms with E-state index in [-0.39, 0.29) is 35.5 Å². The lowest BCUT2D eigenvalue weighted by Gasteiger charge is -2.40. The predicted molar refractivity (Wildman–Crippen MR) is 121 cm³/mol. The Kier molecular flexibility index (Phi) is 7.05. The first kappa shape index (κ1) is 23.8. The van der Waals surface area contributed by atoms with Crippen molar-refractivity contribution in [1.82, 2.24) is 20.4 Å². The molecule has 0 saturated carbocycles. The molecule has 4 aliphatic rings. The van der Waals surface area contributed by atoms with Gasteiger partial charge in [-0.2, -0.15) is 0 Å². The van der Waals surface area contributed by atoms with Crippen LogP contribution in [-0.2, 0) is 19.1 Å². The van der Waals surface area contributed by atoms with Gasteiger partial charge in [-0.15, -0.1) is 11.8 Å². The van der Waals surface area contributed by atoms with Gasteiger partial charge < -0.3 is 25.4 Å². The van der Waals surface area contributed by atoms with E-state index in [2.05, 4.69) is 22.5 Å². The van der Waals surface area contributed by atoms with E-state index in [0.717, 1.165) is 26.1 Å². The molecular formula is C22H36N4O5S. The first-order valence-corrected chi connectivity index (χ1v) is 12.7. The van der Waals surface area contributed by atoms with Crippen molar-refractivity contribution in [2.24, 2.45) is 17.8 Å². The molecule has 4 heterocycles. The summed E-state index contributed by atoms with van der Waals surface area (Å²) in [5, 5.41) is 15.9.